The Bertz CT molecular complexity index is 1200. The Morgan fingerprint density at radius 2 is 1.81 bits per heavy atom. The zero-order valence-electron chi connectivity index (χ0n) is 14.4. The van der Waals surface area contributed by atoms with Crippen LogP contribution >= 0.6 is 11.6 Å². The molecule has 0 unspecified atom stereocenters. The van der Waals surface area contributed by atoms with Gasteiger partial charge in [0.05, 0.1) is 18.6 Å². The van der Waals surface area contributed by atoms with Gasteiger partial charge in [-0.25, -0.2) is 9.67 Å². The van der Waals surface area contributed by atoms with Crippen molar-refractivity contribution in [2.24, 2.45) is 0 Å². The monoisotopic (exact) mass is 373 g/mol. The third-order valence-corrected chi connectivity index (χ3v) is 4.90. The summed E-state index contributed by atoms with van der Waals surface area (Å²) in [5, 5.41) is 6.55. The third kappa shape index (κ3) is 2.82. The summed E-state index contributed by atoms with van der Waals surface area (Å²) >= 11 is 6.59. The van der Waals surface area contributed by atoms with Crippen LogP contribution in [0.25, 0.3) is 27.8 Å². The van der Waals surface area contributed by atoms with Gasteiger partial charge in [-0.15, -0.1) is 0 Å². The molecule has 132 valence electrons. The van der Waals surface area contributed by atoms with Crippen molar-refractivity contribution in [3.8, 4) is 16.9 Å². The van der Waals surface area contributed by atoms with Crippen LogP contribution in [-0.2, 0) is 6.54 Å². The zero-order chi connectivity index (χ0) is 18.2. The highest BCUT2D eigenvalue weighted by Gasteiger charge is 2.19. The van der Waals surface area contributed by atoms with Crippen LogP contribution in [0.15, 0.2) is 79.5 Å². The molecule has 0 radical (unpaired) electrons. The molecule has 0 aliphatic carbocycles. The average molecular weight is 374 g/mol. The highest BCUT2D eigenvalue weighted by molar-refractivity contribution is 6.34. The molecule has 0 saturated carbocycles. The summed E-state index contributed by atoms with van der Waals surface area (Å²) in [5.74, 6) is 0. The highest BCUT2D eigenvalue weighted by atomic mass is 35.5. The van der Waals surface area contributed by atoms with Gasteiger partial charge in [-0.2, -0.15) is 5.10 Å². The van der Waals surface area contributed by atoms with Crippen molar-refractivity contribution in [2.75, 3.05) is 0 Å². The van der Waals surface area contributed by atoms with Gasteiger partial charge in [0.25, 0.3) is 0 Å². The molecule has 0 aliphatic rings. The number of imidazole rings is 1. The van der Waals surface area contributed by atoms with Gasteiger partial charge < -0.3 is 9.55 Å². The summed E-state index contributed by atoms with van der Waals surface area (Å²) < 4.78 is 3.93. The lowest BCUT2D eigenvalue weighted by molar-refractivity contribution is 0.797. The minimum atomic E-state index is 0.599. The first-order chi connectivity index (χ1) is 13.3. The molecule has 3 heterocycles. The van der Waals surface area contributed by atoms with Crippen molar-refractivity contribution in [1.29, 1.82) is 0 Å². The van der Waals surface area contributed by atoms with Crippen molar-refractivity contribution in [3.05, 3.63) is 90.2 Å². The quantitative estimate of drug-likeness (QED) is 0.486. The molecule has 0 amide bonds. The van der Waals surface area contributed by atoms with Gasteiger partial charge in [-0.3, -0.25) is 0 Å². The number of H-pyrrole nitrogens is 1. The predicted molar refractivity (Wildman–Crippen MR) is 107 cm³/mol. The van der Waals surface area contributed by atoms with Crippen LogP contribution < -0.4 is 0 Å². The van der Waals surface area contributed by atoms with E-state index in [0.29, 0.717) is 11.7 Å². The van der Waals surface area contributed by atoms with E-state index in [9.17, 15) is 0 Å². The molecule has 6 heteroatoms. The number of benzene rings is 2. The molecule has 0 fully saturated rings. The summed E-state index contributed by atoms with van der Waals surface area (Å²) in [7, 11) is 0. The van der Waals surface area contributed by atoms with Gasteiger partial charge in [0.15, 0.2) is 0 Å². The average Bonchev–Trinajstić information content (AvgIpc) is 3.41. The van der Waals surface area contributed by atoms with E-state index in [1.165, 1.54) is 0 Å². The van der Waals surface area contributed by atoms with E-state index in [1.807, 2.05) is 64.0 Å². The van der Waals surface area contributed by atoms with Crippen LogP contribution in [0, 0.1) is 0 Å². The van der Waals surface area contributed by atoms with E-state index in [4.69, 9.17) is 16.7 Å². The topological polar surface area (TPSA) is 51.4 Å². The molecule has 2 aromatic carbocycles. The van der Waals surface area contributed by atoms with Crippen LogP contribution in [0.4, 0.5) is 0 Å². The largest absolute Gasteiger partial charge is 0.345 e. The molecule has 1 N–H and O–H groups in total. The number of hydrogen-bond donors (Lipinski definition) is 1. The van der Waals surface area contributed by atoms with Crippen molar-refractivity contribution in [2.45, 2.75) is 6.54 Å². The lowest BCUT2D eigenvalue weighted by Gasteiger charge is -2.03. The third-order valence-electron chi connectivity index (χ3n) is 4.62. The molecule has 5 aromatic rings. The summed E-state index contributed by atoms with van der Waals surface area (Å²) in [6, 6.07) is 18.2. The Morgan fingerprint density at radius 1 is 1.00 bits per heavy atom. The highest BCUT2D eigenvalue weighted by Crippen LogP contribution is 2.37. The van der Waals surface area contributed by atoms with Crippen LogP contribution in [0.3, 0.4) is 0 Å². The second-order valence-corrected chi connectivity index (χ2v) is 6.76. The number of fused-ring (bicyclic) bond motifs is 1. The number of hydrogen-bond acceptors (Lipinski definition) is 2. The molecule has 0 atom stereocenters. The van der Waals surface area contributed by atoms with E-state index >= 15 is 0 Å². The number of nitrogens with zero attached hydrogens (tertiary/aromatic N) is 4. The molecule has 27 heavy (non-hydrogen) atoms. The molecule has 5 nitrogen and oxygen atoms in total. The maximum Gasteiger partial charge on any atom is 0.116 e. The fraction of sp³-hybridized carbons (Fsp3) is 0.0476. The minimum absolute atomic E-state index is 0.599. The Hall–Kier alpha value is -3.31. The second kappa shape index (κ2) is 6.45. The van der Waals surface area contributed by atoms with E-state index in [1.54, 1.807) is 12.5 Å². The summed E-state index contributed by atoms with van der Waals surface area (Å²) in [6.45, 7) is 0.665. The Balaban J connectivity index is 1.72. The molecule has 3 aromatic heterocycles. The van der Waals surface area contributed by atoms with Crippen molar-refractivity contribution in [3.63, 3.8) is 0 Å². The fourth-order valence-electron chi connectivity index (χ4n) is 3.37. The lowest BCUT2D eigenvalue weighted by Crippen LogP contribution is -1.97. The van der Waals surface area contributed by atoms with Crippen LogP contribution in [0.2, 0.25) is 5.15 Å². The van der Waals surface area contributed by atoms with Crippen LogP contribution in [0.1, 0.15) is 5.56 Å². The lowest BCUT2D eigenvalue weighted by atomic mass is 10.1. The van der Waals surface area contributed by atoms with E-state index < -0.39 is 0 Å². The van der Waals surface area contributed by atoms with Crippen molar-refractivity contribution < 1.29 is 0 Å². The Morgan fingerprint density at radius 3 is 2.63 bits per heavy atom. The molecule has 0 aliphatic heterocycles. The molecular weight excluding hydrogens is 358 g/mol. The molecular formula is C21H16ClN5. The van der Waals surface area contributed by atoms with Crippen molar-refractivity contribution in [1.82, 2.24) is 24.3 Å². The summed E-state index contributed by atoms with van der Waals surface area (Å²) in [4.78, 5) is 7.40. The van der Waals surface area contributed by atoms with Gasteiger partial charge in [-0.05, 0) is 18.2 Å². The molecule has 0 saturated heterocycles. The van der Waals surface area contributed by atoms with Gasteiger partial charge >= 0.3 is 0 Å². The molecule has 0 spiro atoms. The van der Waals surface area contributed by atoms with Crippen LogP contribution in [-0.4, -0.2) is 24.3 Å². The van der Waals surface area contributed by atoms with Crippen LogP contribution in [0.5, 0.6) is 0 Å². The minimum Gasteiger partial charge on any atom is -0.345 e. The number of halogens is 1. The van der Waals surface area contributed by atoms with E-state index in [2.05, 4.69) is 22.2 Å². The zero-order valence-corrected chi connectivity index (χ0v) is 15.1. The van der Waals surface area contributed by atoms with Gasteiger partial charge in [0, 0.05) is 40.6 Å². The van der Waals surface area contributed by atoms with E-state index in [0.717, 1.165) is 33.4 Å². The normalized spacial score (nSPS) is 11.3. The Labute approximate surface area is 160 Å². The molecule has 5 rings (SSSR count). The standard InChI is InChI=1S/C21H16ClN5/c22-21-19(17-8-4-5-9-18(17)24-21)20-15(12-26-11-10-23-14-26)13-27(25-20)16-6-2-1-3-7-16/h1-11,13-14,24H,12H2. The first-order valence-corrected chi connectivity index (χ1v) is 9.03. The maximum absolute atomic E-state index is 6.59. The SMILES string of the molecule is Clc1[nH]c2ccccc2c1-c1nn(-c2ccccc2)cc1Cn1ccnc1. The number of aromatic amines is 1. The second-order valence-electron chi connectivity index (χ2n) is 6.38. The summed E-state index contributed by atoms with van der Waals surface area (Å²) in [5.41, 5.74) is 4.88. The molecule has 0 bridgehead atoms. The first kappa shape index (κ1) is 15.9. The van der Waals surface area contributed by atoms with E-state index in [-0.39, 0.29) is 0 Å². The summed E-state index contributed by atoms with van der Waals surface area (Å²) in [6.07, 6.45) is 7.59. The van der Waals surface area contributed by atoms with Crippen molar-refractivity contribution >= 4 is 22.5 Å². The maximum atomic E-state index is 6.59. The Kier molecular flexibility index (Phi) is 3.80. The fourth-order valence-corrected chi connectivity index (χ4v) is 3.66. The first-order valence-electron chi connectivity index (χ1n) is 8.66. The smallest absolute Gasteiger partial charge is 0.116 e. The predicted octanol–water partition coefficient (Wildman–Crippen LogP) is 4.92. The number of rotatable bonds is 4. The number of nitrogens with one attached hydrogen (secondary N) is 1. The number of para-hydroxylation sites is 2. The van der Waals surface area contributed by atoms with Gasteiger partial charge in [0.2, 0.25) is 0 Å². The van der Waals surface area contributed by atoms with Gasteiger partial charge in [0.1, 0.15) is 10.8 Å². The van der Waals surface area contributed by atoms with Gasteiger partial charge in [-0.1, -0.05) is 48.0 Å². The number of aromatic nitrogens is 5.